The van der Waals surface area contributed by atoms with E-state index in [9.17, 15) is 0 Å². The molecule has 1 unspecified atom stereocenters. The molecule has 4 nitrogen and oxygen atoms in total. The Kier molecular flexibility index (Phi) is 4.36. The van der Waals surface area contributed by atoms with Crippen molar-refractivity contribution in [3.8, 4) is 0 Å². The molecule has 1 aliphatic carbocycles. The Labute approximate surface area is 128 Å². The summed E-state index contributed by atoms with van der Waals surface area (Å²) >= 11 is 0. The van der Waals surface area contributed by atoms with Crippen molar-refractivity contribution in [2.24, 2.45) is 13.0 Å². The molecule has 2 heterocycles. The maximum absolute atomic E-state index is 4.29. The van der Waals surface area contributed by atoms with Crippen LogP contribution in [-0.4, -0.2) is 45.9 Å². The fourth-order valence-corrected chi connectivity index (χ4v) is 3.83. The van der Waals surface area contributed by atoms with Crippen LogP contribution in [0.15, 0.2) is 12.3 Å². The van der Waals surface area contributed by atoms with Crippen LogP contribution in [0.3, 0.4) is 0 Å². The first kappa shape index (κ1) is 15.0. The van der Waals surface area contributed by atoms with E-state index < -0.39 is 0 Å². The summed E-state index contributed by atoms with van der Waals surface area (Å²) in [5, 5.41) is 8.17. The van der Waals surface area contributed by atoms with Crippen molar-refractivity contribution in [2.75, 3.05) is 19.6 Å². The number of nitrogens with one attached hydrogen (secondary N) is 1. The van der Waals surface area contributed by atoms with Crippen LogP contribution in [0.4, 0.5) is 0 Å². The first-order valence-electron chi connectivity index (χ1n) is 8.63. The molecule has 4 heteroatoms. The van der Waals surface area contributed by atoms with Gasteiger partial charge in [-0.1, -0.05) is 13.8 Å². The summed E-state index contributed by atoms with van der Waals surface area (Å²) in [4.78, 5) is 2.77. The fraction of sp³-hybridized carbons (Fsp3) is 0.824. The van der Waals surface area contributed by atoms with Crippen molar-refractivity contribution in [2.45, 2.75) is 57.5 Å². The zero-order valence-corrected chi connectivity index (χ0v) is 13.8. The topological polar surface area (TPSA) is 33.1 Å². The first-order chi connectivity index (χ1) is 10.2. The highest BCUT2D eigenvalue weighted by molar-refractivity contribution is 5.04. The fourth-order valence-electron chi connectivity index (χ4n) is 3.83. The SMILES string of the molecule is CCC1(CC)CN(CCc2ccnn2C)C(C2CC2)CN1. The van der Waals surface area contributed by atoms with Crippen LogP contribution in [0.2, 0.25) is 0 Å². The molecule has 0 radical (unpaired) electrons. The summed E-state index contributed by atoms with van der Waals surface area (Å²) in [6.45, 7) is 8.21. The van der Waals surface area contributed by atoms with E-state index in [2.05, 4.69) is 35.2 Å². The minimum atomic E-state index is 0.331. The van der Waals surface area contributed by atoms with Crippen LogP contribution in [0, 0.1) is 5.92 Å². The highest BCUT2D eigenvalue weighted by atomic mass is 15.3. The second-order valence-corrected chi connectivity index (χ2v) is 6.94. The normalized spacial score (nSPS) is 26.1. The standard InChI is InChI=1S/C17H30N4/c1-4-17(5-2)13-21(16(12-18-17)14-6-7-14)11-9-15-8-10-19-20(15)3/h8,10,14,16,18H,4-7,9,11-13H2,1-3H3. The first-order valence-corrected chi connectivity index (χ1v) is 8.63. The number of nitrogens with zero attached hydrogens (tertiary/aromatic N) is 3. The smallest absolute Gasteiger partial charge is 0.0492 e. The lowest BCUT2D eigenvalue weighted by Gasteiger charge is -2.48. The second kappa shape index (κ2) is 6.09. The van der Waals surface area contributed by atoms with E-state index in [0.717, 1.165) is 18.4 Å². The molecule has 2 fully saturated rings. The van der Waals surface area contributed by atoms with Crippen molar-refractivity contribution in [1.82, 2.24) is 20.0 Å². The number of hydrogen-bond acceptors (Lipinski definition) is 3. The Balaban J connectivity index is 1.67. The summed E-state index contributed by atoms with van der Waals surface area (Å²) in [6, 6.07) is 2.91. The van der Waals surface area contributed by atoms with Gasteiger partial charge in [0.2, 0.25) is 0 Å². The molecule has 1 saturated heterocycles. The Morgan fingerprint density at radius 2 is 2.10 bits per heavy atom. The summed E-state index contributed by atoms with van der Waals surface area (Å²) in [6.07, 6.45) is 8.34. The van der Waals surface area contributed by atoms with Gasteiger partial charge in [-0.05, 0) is 37.7 Å². The molecule has 21 heavy (non-hydrogen) atoms. The molecule has 0 spiro atoms. The lowest BCUT2D eigenvalue weighted by atomic mass is 9.87. The molecule has 2 aliphatic rings. The molecule has 0 bridgehead atoms. The largest absolute Gasteiger partial charge is 0.308 e. The quantitative estimate of drug-likeness (QED) is 0.872. The minimum absolute atomic E-state index is 0.331. The molecule has 3 rings (SSSR count). The van der Waals surface area contributed by atoms with Crippen LogP contribution in [0.1, 0.15) is 45.2 Å². The molecule has 118 valence electrons. The van der Waals surface area contributed by atoms with Gasteiger partial charge in [-0.2, -0.15) is 5.10 Å². The van der Waals surface area contributed by atoms with Gasteiger partial charge < -0.3 is 5.32 Å². The van der Waals surface area contributed by atoms with Gasteiger partial charge in [0, 0.05) is 56.6 Å². The zero-order chi connectivity index (χ0) is 14.9. The van der Waals surface area contributed by atoms with E-state index in [1.165, 1.54) is 51.0 Å². The van der Waals surface area contributed by atoms with Gasteiger partial charge in [0.1, 0.15) is 0 Å². The van der Waals surface area contributed by atoms with Crippen molar-refractivity contribution in [1.29, 1.82) is 0 Å². The van der Waals surface area contributed by atoms with Gasteiger partial charge in [-0.25, -0.2) is 0 Å². The number of aromatic nitrogens is 2. The Morgan fingerprint density at radius 3 is 2.67 bits per heavy atom. The molecule has 1 aliphatic heterocycles. The predicted molar refractivity (Wildman–Crippen MR) is 86.3 cm³/mol. The summed E-state index contributed by atoms with van der Waals surface area (Å²) in [7, 11) is 2.05. The third-order valence-electron chi connectivity index (χ3n) is 5.76. The van der Waals surface area contributed by atoms with Gasteiger partial charge in [0.25, 0.3) is 0 Å². The van der Waals surface area contributed by atoms with E-state index in [1.807, 2.05) is 17.9 Å². The maximum atomic E-state index is 4.29. The molecule has 1 aromatic rings. The van der Waals surface area contributed by atoms with Crippen molar-refractivity contribution in [3.05, 3.63) is 18.0 Å². The highest BCUT2D eigenvalue weighted by Gasteiger charge is 2.42. The van der Waals surface area contributed by atoms with E-state index in [1.54, 1.807) is 0 Å². The van der Waals surface area contributed by atoms with Crippen molar-refractivity contribution < 1.29 is 0 Å². The van der Waals surface area contributed by atoms with Crippen molar-refractivity contribution in [3.63, 3.8) is 0 Å². The van der Waals surface area contributed by atoms with Gasteiger partial charge in [-0.15, -0.1) is 0 Å². The Hall–Kier alpha value is -0.870. The molecule has 0 aromatic carbocycles. The number of aryl methyl sites for hydroxylation is 1. The van der Waals surface area contributed by atoms with Gasteiger partial charge in [-0.3, -0.25) is 9.58 Å². The molecule has 0 amide bonds. The van der Waals surface area contributed by atoms with E-state index in [4.69, 9.17) is 0 Å². The van der Waals surface area contributed by atoms with E-state index in [-0.39, 0.29) is 0 Å². The van der Waals surface area contributed by atoms with Crippen LogP contribution >= 0.6 is 0 Å². The summed E-state index contributed by atoms with van der Waals surface area (Å²) in [5.74, 6) is 0.941. The lowest BCUT2D eigenvalue weighted by molar-refractivity contribution is 0.0626. The van der Waals surface area contributed by atoms with Crippen molar-refractivity contribution >= 4 is 0 Å². The number of rotatable bonds is 6. The van der Waals surface area contributed by atoms with Gasteiger partial charge in [0.15, 0.2) is 0 Å². The Bertz CT molecular complexity index is 459. The maximum Gasteiger partial charge on any atom is 0.0492 e. The van der Waals surface area contributed by atoms with Gasteiger partial charge in [0.05, 0.1) is 0 Å². The van der Waals surface area contributed by atoms with E-state index in [0.29, 0.717) is 5.54 Å². The molecular formula is C17H30N4. The number of hydrogen-bond donors (Lipinski definition) is 1. The second-order valence-electron chi connectivity index (χ2n) is 6.94. The highest BCUT2D eigenvalue weighted by Crippen LogP contribution is 2.38. The average Bonchev–Trinajstić information content (AvgIpc) is 3.27. The molecule has 1 N–H and O–H groups in total. The Morgan fingerprint density at radius 1 is 1.33 bits per heavy atom. The third-order valence-corrected chi connectivity index (χ3v) is 5.76. The average molecular weight is 290 g/mol. The van der Waals surface area contributed by atoms with Crippen LogP contribution in [-0.2, 0) is 13.5 Å². The van der Waals surface area contributed by atoms with E-state index >= 15 is 0 Å². The molecule has 1 saturated carbocycles. The zero-order valence-electron chi connectivity index (χ0n) is 13.8. The van der Waals surface area contributed by atoms with Crippen LogP contribution < -0.4 is 5.32 Å². The summed E-state index contributed by atoms with van der Waals surface area (Å²) in [5.41, 5.74) is 1.68. The lowest BCUT2D eigenvalue weighted by Crippen LogP contribution is -2.64. The monoisotopic (exact) mass is 290 g/mol. The predicted octanol–water partition coefficient (Wildman–Crippen LogP) is 2.21. The third kappa shape index (κ3) is 3.16. The molecule has 1 aromatic heterocycles. The molecule has 1 atom stereocenters. The summed E-state index contributed by atoms with van der Waals surface area (Å²) < 4.78 is 2.02. The molecular weight excluding hydrogens is 260 g/mol. The minimum Gasteiger partial charge on any atom is -0.308 e. The van der Waals surface area contributed by atoms with Gasteiger partial charge >= 0.3 is 0 Å². The number of piperazine rings is 1. The van der Waals surface area contributed by atoms with Crippen LogP contribution in [0.5, 0.6) is 0 Å². The van der Waals surface area contributed by atoms with Crippen LogP contribution in [0.25, 0.3) is 0 Å².